The van der Waals surface area contributed by atoms with Crippen molar-refractivity contribution >= 4 is 23.2 Å². The number of nitrogens with zero attached hydrogens (tertiary/aromatic N) is 1. The van der Waals surface area contributed by atoms with Crippen molar-refractivity contribution in [3.05, 3.63) is 51.8 Å². The Kier molecular flexibility index (Phi) is 4.07. The lowest BCUT2D eigenvalue weighted by atomic mass is 10.2. The summed E-state index contributed by atoms with van der Waals surface area (Å²) in [5, 5.41) is 1.06. The van der Waals surface area contributed by atoms with Crippen LogP contribution in [-0.2, 0) is 6.54 Å². The number of nitrogens with two attached hydrogens (primary N) is 1. The van der Waals surface area contributed by atoms with Crippen LogP contribution in [0, 0.1) is 6.92 Å². The molecule has 1 heterocycles. The number of benzene rings is 1. The average molecular weight is 283 g/mol. The van der Waals surface area contributed by atoms with E-state index in [1.54, 1.807) is 24.4 Å². The van der Waals surface area contributed by atoms with Crippen molar-refractivity contribution in [1.82, 2.24) is 4.98 Å². The van der Waals surface area contributed by atoms with Crippen LogP contribution in [0.2, 0.25) is 10.0 Å². The Hall–Kier alpha value is -1.29. The zero-order chi connectivity index (χ0) is 13.1. The Morgan fingerprint density at radius 3 is 2.72 bits per heavy atom. The highest BCUT2D eigenvalue weighted by atomic mass is 35.5. The Bertz CT molecular complexity index is 573. The fourth-order valence-electron chi connectivity index (χ4n) is 1.49. The fraction of sp³-hybridized carbons (Fsp3) is 0.154. The number of hydrogen-bond acceptors (Lipinski definition) is 3. The predicted molar refractivity (Wildman–Crippen MR) is 73.4 cm³/mol. The van der Waals surface area contributed by atoms with Gasteiger partial charge in [0.15, 0.2) is 0 Å². The summed E-state index contributed by atoms with van der Waals surface area (Å²) in [6, 6.07) is 6.88. The lowest BCUT2D eigenvalue weighted by Crippen LogP contribution is -2.01. The van der Waals surface area contributed by atoms with Crippen LogP contribution < -0.4 is 10.5 Å². The smallest absolute Gasteiger partial charge is 0.147 e. The Morgan fingerprint density at radius 1 is 1.22 bits per heavy atom. The molecule has 0 aliphatic rings. The number of pyridine rings is 1. The molecule has 18 heavy (non-hydrogen) atoms. The third-order valence-electron chi connectivity index (χ3n) is 2.41. The highest BCUT2D eigenvalue weighted by Gasteiger charge is 2.08. The normalized spacial score (nSPS) is 10.4. The van der Waals surface area contributed by atoms with E-state index < -0.39 is 0 Å². The van der Waals surface area contributed by atoms with Crippen LogP contribution in [0.5, 0.6) is 11.5 Å². The highest BCUT2D eigenvalue weighted by Crippen LogP contribution is 2.33. The first-order valence-corrected chi connectivity index (χ1v) is 6.14. The number of hydrogen-bond donors (Lipinski definition) is 1. The molecule has 2 aromatic rings. The van der Waals surface area contributed by atoms with Crippen molar-refractivity contribution in [2.75, 3.05) is 0 Å². The van der Waals surface area contributed by atoms with Gasteiger partial charge in [-0.05, 0) is 19.1 Å². The van der Waals surface area contributed by atoms with Gasteiger partial charge in [0.2, 0.25) is 0 Å². The molecule has 0 saturated carbocycles. The zero-order valence-corrected chi connectivity index (χ0v) is 11.3. The molecular weight excluding hydrogens is 271 g/mol. The predicted octanol–water partition coefficient (Wildman–Crippen LogP) is 3.95. The molecule has 0 saturated heterocycles. The molecule has 1 aromatic carbocycles. The minimum Gasteiger partial charge on any atom is -0.455 e. The molecule has 5 heteroatoms. The van der Waals surface area contributed by atoms with Crippen molar-refractivity contribution in [2.24, 2.45) is 5.73 Å². The quantitative estimate of drug-likeness (QED) is 0.927. The summed E-state index contributed by atoms with van der Waals surface area (Å²) in [5.41, 5.74) is 7.31. The van der Waals surface area contributed by atoms with Gasteiger partial charge in [-0.2, -0.15) is 0 Å². The fourth-order valence-corrected chi connectivity index (χ4v) is 1.80. The molecule has 0 fully saturated rings. The molecule has 1 aromatic heterocycles. The molecule has 0 amide bonds. The van der Waals surface area contributed by atoms with E-state index in [0.717, 1.165) is 11.3 Å². The lowest BCUT2D eigenvalue weighted by Gasteiger charge is -2.11. The monoisotopic (exact) mass is 282 g/mol. The van der Waals surface area contributed by atoms with Gasteiger partial charge in [0.1, 0.15) is 11.5 Å². The van der Waals surface area contributed by atoms with E-state index >= 15 is 0 Å². The number of aryl methyl sites for hydroxylation is 1. The topological polar surface area (TPSA) is 48.1 Å². The van der Waals surface area contributed by atoms with Crippen LogP contribution >= 0.6 is 23.2 Å². The summed E-state index contributed by atoms with van der Waals surface area (Å²) in [6.45, 7) is 2.23. The van der Waals surface area contributed by atoms with Crippen molar-refractivity contribution in [1.29, 1.82) is 0 Å². The maximum Gasteiger partial charge on any atom is 0.147 e. The van der Waals surface area contributed by atoms with Crippen molar-refractivity contribution < 1.29 is 4.74 Å². The number of ether oxygens (including phenoxy) is 1. The third-order valence-corrected chi connectivity index (χ3v) is 2.96. The third kappa shape index (κ3) is 2.93. The van der Waals surface area contributed by atoms with Gasteiger partial charge >= 0.3 is 0 Å². The summed E-state index contributed by atoms with van der Waals surface area (Å²) in [7, 11) is 0. The van der Waals surface area contributed by atoms with E-state index in [1.807, 2.05) is 13.0 Å². The number of aromatic nitrogens is 1. The number of rotatable bonds is 3. The van der Waals surface area contributed by atoms with Crippen LogP contribution in [0.4, 0.5) is 0 Å². The van der Waals surface area contributed by atoms with Gasteiger partial charge in [0.25, 0.3) is 0 Å². The molecular formula is C13H12Cl2N2O. The van der Waals surface area contributed by atoms with Gasteiger partial charge in [0, 0.05) is 41.2 Å². The van der Waals surface area contributed by atoms with Gasteiger partial charge < -0.3 is 10.5 Å². The molecule has 0 atom stereocenters. The van der Waals surface area contributed by atoms with Crippen molar-refractivity contribution in [3.63, 3.8) is 0 Å². The first kappa shape index (κ1) is 13.1. The van der Waals surface area contributed by atoms with Crippen LogP contribution in [-0.4, -0.2) is 4.98 Å². The molecule has 2 N–H and O–H groups in total. The van der Waals surface area contributed by atoms with Gasteiger partial charge in [-0.25, -0.2) is 0 Å². The van der Waals surface area contributed by atoms with E-state index in [0.29, 0.717) is 28.1 Å². The molecule has 94 valence electrons. The minimum atomic E-state index is 0.348. The Labute approximate surface area is 115 Å². The largest absolute Gasteiger partial charge is 0.455 e. The second kappa shape index (κ2) is 5.57. The first-order chi connectivity index (χ1) is 8.60. The molecule has 0 spiro atoms. The van der Waals surface area contributed by atoms with Gasteiger partial charge in [-0.15, -0.1) is 0 Å². The van der Waals surface area contributed by atoms with Gasteiger partial charge in [0.05, 0.1) is 5.02 Å². The average Bonchev–Trinajstić information content (AvgIpc) is 2.34. The van der Waals surface area contributed by atoms with Crippen LogP contribution in [0.25, 0.3) is 0 Å². The summed E-state index contributed by atoms with van der Waals surface area (Å²) < 4.78 is 5.76. The van der Waals surface area contributed by atoms with Crippen LogP contribution in [0.1, 0.15) is 11.3 Å². The molecule has 0 aliphatic carbocycles. The first-order valence-electron chi connectivity index (χ1n) is 5.38. The highest BCUT2D eigenvalue weighted by molar-refractivity contribution is 6.34. The Morgan fingerprint density at radius 2 is 2.00 bits per heavy atom. The summed E-state index contributed by atoms with van der Waals surface area (Å²) >= 11 is 12.0. The second-order valence-electron chi connectivity index (χ2n) is 3.81. The summed E-state index contributed by atoms with van der Waals surface area (Å²) in [6.07, 6.45) is 1.70. The zero-order valence-electron chi connectivity index (χ0n) is 9.78. The van der Waals surface area contributed by atoms with Crippen LogP contribution in [0.3, 0.4) is 0 Å². The van der Waals surface area contributed by atoms with E-state index in [2.05, 4.69) is 4.98 Å². The molecule has 3 nitrogen and oxygen atoms in total. The van der Waals surface area contributed by atoms with Crippen molar-refractivity contribution in [3.8, 4) is 11.5 Å². The Balaban J connectivity index is 2.38. The maximum absolute atomic E-state index is 6.05. The summed E-state index contributed by atoms with van der Waals surface area (Å²) in [5.74, 6) is 1.15. The lowest BCUT2D eigenvalue weighted by molar-refractivity contribution is 0.475. The minimum absolute atomic E-state index is 0.348. The van der Waals surface area contributed by atoms with Crippen molar-refractivity contribution in [2.45, 2.75) is 13.5 Å². The SMILES string of the molecule is Cc1cc(Oc2cc(Cl)ccc2Cl)c(CN)cn1. The molecule has 0 aliphatic heterocycles. The van der Waals surface area contributed by atoms with Crippen LogP contribution in [0.15, 0.2) is 30.5 Å². The van der Waals surface area contributed by atoms with Gasteiger partial charge in [-0.1, -0.05) is 23.2 Å². The maximum atomic E-state index is 6.05. The number of halogens is 2. The van der Waals surface area contributed by atoms with Gasteiger partial charge in [-0.3, -0.25) is 4.98 Å². The molecule has 0 radical (unpaired) electrons. The standard InChI is InChI=1S/C13H12Cl2N2O/c1-8-4-12(9(6-16)7-17-8)18-13-5-10(14)2-3-11(13)15/h2-5,7H,6,16H2,1H3. The second-order valence-corrected chi connectivity index (χ2v) is 4.66. The molecule has 2 rings (SSSR count). The van der Waals surface area contributed by atoms with E-state index in [9.17, 15) is 0 Å². The van der Waals surface area contributed by atoms with E-state index in [1.165, 1.54) is 0 Å². The summed E-state index contributed by atoms with van der Waals surface area (Å²) in [4.78, 5) is 4.17. The van der Waals surface area contributed by atoms with E-state index in [4.69, 9.17) is 33.7 Å². The molecule has 0 unspecified atom stereocenters. The van der Waals surface area contributed by atoms with E-state index in [-0.39, 0.29) is 0 Å². The molecule has 0 bridgehead atoms.